The second kappa shape index (κ2) is 9.60. The second-order valence-electron chi connectivity index (χ2n) is 9.04. The number of carbonyl (C=O) groups excluding carboxylic acids is 1. The molecule has 8 heteroatoms. The lowest BCUT2D eigenvalue weighted by molar-refractivity contribution is -0.137. The Morgan fingerprint density at radius 3 is 2.22 bits per heavy atom. The molecule has 1 atom stereocenters. The molecular weight excluding hydrogens is 465 g/mol. The van der Waals surface area contributed by atoms with E-state index in [1.165, 1.54) is 12.1 Å². The molecule has 2 heterocycles. The summed E-state index contributed by atoms with van der Waals surface area (Å²) < 4.78 is 38.5. The van der Waals surface area contributed by atoms with Crippen molar-refractivity contribution in [3.8, 4) is 11.3 Å². The zero-order valence-corrected chi connectivity index (χ0v) is 19.7. The van der Waals surface area contributed by atoms with E-state index >= 15 is 0 Å². The quantitative estimate of drug-likeness (QED) is 0.374. The predicted molar refractivity (Wildman–Crippen MR) is 134 cm³/mol. The van der Waals surface area contributed by atoms with Crippen molar-refractivity contribution < 1.29 is 18.0 Å². The smallest absolute Gasteiger partial charge is 0.351 e. The Morgan fingerprint density at radius 2 is 1.56 bits per heavy atom. The summed E-state index contributed by atoms with van der Waals surface area (Å²) in [5.41, 5.74) is 1.68. The molecule has 0 aliphatic carbocycles. The first-order valence-electron chi connectivity index (χ1n) is 11.8. The van der Waals surface area contributed by atoms with Gasteiger partial charge in [0.05, 0.1) is 12.0 Å². The van der Waals surface area contributed by atoms with Crippen molar-refractivity contribution in [1.82, 2.24) is 15.1 Å². The zero-order chi connectivity index (χ0) is 25.3. The van der Waals surface area contributed by atoms with Gasteiger partial charge in [-0.25, -0.2) is 0 Å². The third-order valence-electron chi connectivity index (χ3n) is 6.60. The van der Waals surface area contributed by atoms with Crippen LogP contribution in [-0.2, 0) is 17.4 Å². The van der Waals surface area contributed by atoms with Gasteiger partial charge in [-0.05, 0) is 24.6 Å². The van der Waals surface area contributed by atoms with Crippen molar-refractivity contribution >= 4 is 22.5 Å². The normalized spacial score (nSPS) is 16.4. The number of aromatic nitrogens is 2. The number of carbonyl (C=O) groups is 1. The molecule has 36 heavy (non-hydrogen) atoms. The first-order valence-corrected chi connectivity index (χ1v) is 11.8. The first kappa shape index (κ1) is 23.8. The number of alkyl halides is 3. The highest BCUT2D eigenvalue weighted by molar-refractivity contribution is 6.00. The number of anilines is 1. The molecule has 0 unspecified atom stereocenters. The summed E-state index contributed by atoms with van der Waals surface area (Å²) in [7, 11) is 0. The maximum absolute atomic E-state index is 13.0. The number of halogens is 3. The number of hydrogen-bond donors (Lipinski definition) is 0. The van der Waals surface area contributed by atoms with Gasteiger partial charge in [0.25, 0.3) is 0 Å². The molecule has 1 saturated heterocycles. The average Bonchev–Trinajstić information content (AvgIpc) is 2.88. The number of hydrogen-bond acceptors (Lipinski definition) is 4. The van der Waals surface area contributed by atoms with E-state index in [2.05, 4.69) is 15.1 Å². The van der Waals surface area contributed by atoms with E-state index in [-0.39, 0.29) is 18.4 Å². The van der Waals surface area contributed by atoms with E-state index in [0.29, 0.717) is 25.2 Å². The van der Waals surface area contributed by atoms with Gasteiger partial charge < -0.3 is 9.80 Å². The number of nitrogens with zero attached hydrogens (tertiary/aromatic N) is 4. The van der Waals surface area contributed by atoms with Gasteiger partial charge in [-0.15, -0.1) is 10.2 Å². The van der Waals surface area contributed by atoms with Crippen LogP contribution in [0, 0.1) is 0 Å². The Morgan fingerprint density at radius 1 is 0.889 bits per heavy atom. The number of benzene rings is 3. The summed E-state index contributed by atoms with van der Waals surface area (Å²) in [5.74, 6) is 0.684. The van der Waals surface area contributed by atoms with Crippen molar-refractivity contribution in [1.29, 1.82) is 0 Å². The maximum atomic E-state index is 13.0. The zero-order valence-electron chi connectivity index (χ0n) is 19.7. The second-order valence-corrected chi connectivity index (χ2v) is 9.04. The lowest BCUT2D eigenvalue weighted by atomic mass is 10.0. The Bertz CT molecular complexity index is 1370. The summed E-state index contributed by atoms with van der Waals surface area (Å²) in [6.07, 6.45) is -4.32. The minimum Gasteiger partial charge on any atom is -0.351 e. The molecule has 5 nitrogen and oxygen atoms in total. The highest BCUT2D eigenvalue weighted by atomic mass is 19.4. The molecule has 1 aliphatic rings. The molecule has 0 N–H and O–H groups in total. The molecule has 184 valence electrons. The number of fused-ring (bicyclic) bond motifs is 1. The van der Waals surface area contributed by atoms with E-state index < -0.39 is 11.7 Å². The van der Waals surface area contributed by atoms with E-state index in [4.69, 9.17) is 0 Å². The summed E-state index contributed by atoms with van der Waals surface area (Å²) in [6, 6.07) is 22.7. The third-order valence-corrected chi connectivity index (χ3v) is 6.60. The van der Waals surface area contributed by atoms with Crippen LogP contribution >= 0.6 is 0 Å². The molecule has 4 aromatic rings. The van der Waals surface area contributed by atoms with Crippen molar-refractivity contribution in [2.75, 3.05) is 24.5 Å². The summed E-state index contributed by atoms with van der Waals surface area (Å²) in [6.45, 7) is 3.65. The van der Waals surface area contributed by atoms with Gasteiger partial charge >= 0.3 is 6.18 Å². The van der Waals surface area contributed by atoms with E-state index in [1.807, 2.05) is 61.5 Å². The van der Waals surface area contributed by atoms with Crippen molar-refractivity contribution in [2.24, 2.45) is 0 Å². The standard InChI is InChI=1S/C28H25F3N4O/c1-19-18-34(15-16-35(19)25(36)17-20-11-13-22(14-12-20)28(29,30)31)27-24-10-6-5-9-23(24)26(32-33-27)21-7-3-2-4-8-21/h2-14,19H,15-18H2,1H3/t19-/m0/s1. The molecule has 0 spiro atoms. The predicted octanol–water partition coefficient (Wildman–Crippen LogP) is 5.60. The van der Waals surface area contributed by atoms with Gasteiger partial charge in [0, 0.05) is 42.0 Å². The summed E-state index contributed by atoms with van der Waals surface area (Å²) in [5, 5.41) is 11.2. The SMILES string of the molecule is C[C@H]1CN(c2nnc(-c3ccccc3)c3ccccc23)CCN1C(=O)Cc1ccc(C(F)(F)F)cc1. The minimum absolute atomic E-state index is 0.0665. The Labute approximate surface area is 207 Å². The van der Waals surface area contributed by atoms with E-state index in [1.54, 1.807) is 4.90 Å². The molecule has 0 saturated carbocycles. The Hall–Kier alpha value is -3.94. The highest BCUT2D eigenvalue weighted by Gasteiger charge is 2.31. The van der Waals surface area contributed by atoms with Gasteiger partial charge in [0.15, 0.2) is 5.82 Å². The van der Waals surface area contributed by atoms with Crippen LogP contribution in [0.15, 0.2) is 78.9 Å². The molecule has 1 aliphatic heterocycles. The monoisotopic (exact) mass is 490 g/mol. The number of rotatable bonds is 4. The topological polar surface area (TPSA) is 49.3 Å². The third kappa shape index (κ3) is 4.76. The van der Waals surface area contributed by atoms with Crippen molar-refractivity contribution in [3.63, 3.8) is 0 Å². The molecule has 5 rings (SSSR count). The van der Waals surface area contributed by atoms with Crippen LogP contribution in [0.25, 0.3) is 22.0 Å². The van der Waals surface area contributed by atoms with Crippen LogP contribution in [0.5, 0.6) is 0 Å². The fraction of sp³-hybridized carbons (Fsp3) is 0.250. The average molecular weight is 491 g/mol. The maximum Gasteiger partial charge on any atom is 0.416 e. The molecule has 0 bridgehead atoms. The molecule has 0 radical (unpaired) electrons. The van der Waals surface area contributed by atoms with Gasteiger partial charge in [-0.3, -0.25) is 4.79 Å². The first-order chi connectivity index (χ1) is 17.3. The van der Waals surface area contributed by atoms with Crippen LogP contribution < -0.4 is 4.90 Å². The molecular formula is C28H25F3N4O. The fourth-order valence-electron chi connectivity index (χ4n) is 4.74. The van der Waals surface area contributed by atoms with Crippen LogP contribution in [0.4, 0.5) is 19.0 Å². The van der Waals surface area contributed by atoms with Gasteiger partial charge in [-0.1, -0.05) is 66.7 Å². The van der Waals surface area contributed by atoms with Crippen molar-refractivity contribution in [3.05, 3.63) is 90.0 Å². The summed E-state index contributed by atoms with van der Waals surface area (Å²) >= 11 is 0. The van der Waals surface area contributed by atoms with Crippen LogP contribution in [-0.4, -0.2) is 46.7 Å². The minimum atomic E-state index is -4.39. The lowest BCUT2D eigenvalue weighted by Gasteiger charge is -2.40. The largest absolute Gasteiger partial charge is 0.416 e. The van der Waals surface area contributed by atoms with Crippen molar-refractivity contribution in [2.45, 2.75) is 25.6 Å². The Kier molecular flexibility index (Phi) is 6.35. The number of piperazine rings is 1. The Balaban J connectivity index is 1.32. The van der Waals surface area contributed by atoms with Crippen LogP contribution in [0.1, 0.15) is 18.1 Å². The molecule has 1 aromatic heterocycles. The van der Waals surface area contributed by atoms with Gasteiger partial charge in [-0.2, -0.15) is 13.2 Å². The van der Waals surface area contributed by atoms with Crippen LogP contribution in [0.3, 0.4) is 0 Å². The van der Waals surface area contributed by atoms with E-state index in [9.17, 15) is 18.0 Å². The molecule has 3 aromatic carbocycles. The molecule has 1 fully saturated rings. The van der Waals surface area contributed by atoms with Gasteiger partial charge in [0.2, 0.25) is 5.91 Å². The molecule has 1 amide bonds. The van der Waals surface area contributed by atoms with Crippen LogP contribution in [0.2, 0.25) is 0 Å². The van der Waals surface area contributed by atoms with E-state index in [0.717, 1.165) is 40.0 Å². The van der Waals surface area contributed by atoms with Gasteiger partial charge in [0.1, 0.15) is 5.69 Å². The number of amides is 1. The summed E-state index contributed by atoms with van der Waals surface area (Å²) in [4.78, 5) is 16.9. The highest BCUT2D eigenvalue weighted by Crippen LogP contribution is 2.32. The fourth-order valence-corrected chi connectivity index (χ4v) is 4.74. The lowest BCUT2D eigenvalue weighted by Crippen LogP contribution is -2.54.